The van der Waals surface area contributed by atoms with Gasteiger partial charge in [-0.05, 0) is 36.7 Å². The number of hydrogen-bond donors (Lipinski definition) is 1. The fourth-order valence-corrected chi connectivity index (χ4v) is 2.54. The van der Waals surface area contributed by atoms with E-state index in [1.54, 1.807) is 20.8 Å². The summed E-state index contributed by atoms with van der Waals surface area (Å²) in [6.07, 6.45) is 0. The van der Waals surface area contributed by atoms with Gasteiger partial charge in [-0.1, -0.05) is 30.3 Å². The van der Waals surface area contributed by atoms with Crippen molar-refractivity contribution in [2.45, 2.75) is 26.4 Å². The molecule has 1 atom stereocenters. The van der Waals surface area contributed by atoms with Gasteiger partial charge in [-0.25, -0.2) is 0 Å². The number of aliphatic hydroxyl groups is 1. The van der Waals surface area contributed by atoms with E-state index in [1.165, 1.54) is 0 Å². The monoisotopic (exact) mass is 310 g/mol. The summed E-state index contributed by atoms with van der Waals surface area (Å²) in [4.78, 5) is 12.0. The third-order valence-electron chi connectivity index (χ3n) is 3.58. The van der Waals surface area contributed by atoms with E-state index in [4.69, 9.17) is 4.74 Å². The molecule has 1 aromatic rings. The fourth-order valence-electron chi connectivity index (χ4n) is 1.73. The highest BCUT2D eigenvalue weighted by Gasteiger charge is 2.53. The summed E-state index contributed by atoms with van der Waals surface area (Å²) in [5.74, 6) is -0.0560. The first-order chi connectivity index (χ1) is 8.28. The summed E-state index contributed by atoms with van der Waals surface area (Å²) in [6.45, 7) is 4.94. The van der Waals surface area contributed by atoms with Gasteiger partial charge in [0.2, 0.25) is 0 Å². The van der Waals surface area contributed by atoms with E-state index in [1.807, 2.05) is 30.3 Å². The van der Waals surface area contributed by atoms with E-state index in [0.717, 1.165) is 5.56 Å². The first kappa shape index (κ1) is 13.3. The summed E-state index contributed by atoms with van der Waals surface area (Å²) >= 11 is 3.37. The third-order valence-corrected chi connectivity index (χ3v) is 4.72. The molecule has 0 bridgehead atoms. The lowest BCUT2D eigenvalue weighted by molar-refractivity contribution is -0.161. The number of ether oxygens (including phenoxy) is 1. The number of carbonyl (C=O) groups excluding carboxylic acids is 1. The van der Waals surface area contributed by atoms with Crippen LogP contribution in [-0.2, 0) is 9.53 Å². The largest absolute Gasteiger partial charge is 0.424 e. The summed E-state index contributed by atoms with van der Waals surface area (Å²) < 4.78 is 5.86. The van der Waals surface area contributed by atoms with Crippen LogP contribution in [0.25, 0.3) is 5.76 Å². The maximum atomic E-state index is 12.0. The van der Waals surface area contributed by atoms with Crippen molar-refractivity contribution in [2.75, 3.05) is 0 Å². The second kappa shape index (κ2) is 4.21. The highest BCUT2D eigenvalue weighted by Crippen LogP contribution is 2.48. The van der Waals surface area contributed by atoms with E-state index in [2.05, 4.69) is 15.9 Å². The predicted molar refractivity (Wildman–Crippen MR) is 72.8 cm³/mol. The smallest absolute Gasteiger partial charge is 0.320 e. The van der Waals surface area contributed by atoms with Gasteiger partial charge in [-0.15, -0.1) is 0 Å². The van der Waals surface area contributed by atoms with E-state index in [9.17, 15) is 9.90 Å². The van der Waals surface area contributed by atoms with Gasteiger partial charge in [0.1, 0.15) is 5.60 Å². The Morgan fingerprint density at radius 1 is 1.17 bits per heavy atom. The second-order valence-electron chi connectivity index (χ2n) is 5.10. The van der Waals surface area contributed by atoms with Crippen LogP contribution < -0.4 is 0 Å². The lowest BCUT2D eigenvalue weighted by Gasteiger charge is -2.42. The molecule has 96 valence electrons. The molecule has 1 aliphatic rings. The van der Waals surface area contributed by atoms with Crippen molar-refractivity contribution in [3.8, 4) is 0 Å². The molecule has 0 amide bonds. The van der Waals surface area contributed by atoms with Crippen LogP contribution in [0.1, 0.15) is 26.3 Å². The minimum Gasteiger partial charge on any atom is -0.424 e. The molecule has 0 saturated heterocycles. The van der Waals surface area contributed by atoms with Crippen molar-refractivity contribution in [2.24, 2.45) is 5.41 Å². The number of benzene rings is 1. The van der Waals surface area contributed by atoms with Crippen LogP contribution in [-0.4, -0.2) is 16.7 Å². The zero-order valence-electron chi connectivity index (χ0n) is 10.5. The van der Waals surface area contributed by atoms with Gasteiger partial charge in [-0.2, -0.15) is 0 Å². The molecule has 18 heavy (non-hydrogen) atoms. The molecule has 2 rings (SSSR count). The van der Waals surface area contributed by atoms with Crippen molar-refractivity contribution >= 4 is 27.7 Å². The van der Waals surface area contributed by atoms with Gasteiger partial charge in [-0.3, -0.25) is 4.79 Å². The highest BCUT2D eigenvalue weighted by molar-refractivity contribution is 9.12. The van der Waals surface area contributed by atoms with Crippen molar-refractivity contribution in [3.05, 3.63) is 40.4 Å². The van der Waals surface area contributed by atoms with Crippen LogP contribution in [0.4, 0.5) is 0 Å². The van der Waals surface area contributed by atoms with E-state index in [-0.39, 0.29) is 0 Å². The van der Waals surface area contributed by atoms with Crippen LogP contribution in [0.3, 0.4) is 0 Å². The zero-order chi connectivity index (χ0) is 13.6. The second-order valence-corrected chi connectivity index (χ2v) is 5.89. The molecule has 1 aliphatic heterocycles. The Morgan fingerprint density at radius 3 is 2.28 bits per heavy atom. The van der Waals surface area contributed by atoms with Crippen LogP contribution >= 0.6 is 15.9 Å². The molecule has 1 heterocycles. The Balaban J connectivity index is 2.60. The Bertz CT molecular complexity index is 515. The fraction of sp³-hybridized carbons (Fsp3) is 0.357. The molecular formula is C14H15BrO3. The van der Waals surface area contributed by atoms with Gasteiger partial charge in [0.25, 0.3) is 0 Å². The first-order valence-electron chi connectivity index (χ1n) is 5.69. The number of halogens is 1. The minimum absolute atomic E-state index is 0.380. The van der Waals surface area contributed by atoms with Crippen LogP contribution in [0.2, 0.25) is 0 Å². The van der Waals surface area contributed by atoms with Gasteiger partial charge >= 0.3 is 5.97 Å². The molecule has 1 unspecified atom stereocenters. The standard InChI is InChI=1S/C14H15BrO3/c1-13(2)12(16)18-10(11(15)14(13,3)17)9-7-5-4-6-8-9/h4-8,17H,1-3H3. The minimum atomic E-state index is -1.30. The summed E-state index contributed by atoms with van der Waals surface area (Å²) in [6, 6.07) is 9.25. The number of rotatable bonds is 1. The van der Waals surface area contributed by atoms with Crippen molar-refractivity contribution in [3.63, 3.8) is 0 Å². The zero-order valence-corrected chi connectivity index (χ0v) is 12.1. The molecule has 0 aromatic heterocycles. The summed E-state index contributed by atoms with van der Waals surface area (Å²) in [5, 5.41) is 10.6. The summed E-state index contributed by atoms with van der Waals surface area (Å²) in [5.41, 5.74) is -1.54. The Kier molecular flexibility index (Phi) is 3.11. The molecule has 0 radical (unpaired) electrons. The first-order valence-corrected chi connectivity index (χ1v) is 6.48. The number of carbonyl (C=O) groups is 1. The molecule has 0 aliphatic carbocycles. The van der Waals surface area contributed by atoms with E-state index < -0.39 is 17.0 Å². The van der Waals surface area contributed by atoms with Crippen molar-refractivity contribution < 1.29 is 14.6 Å². The Labute approximate surface area is 115 Å². The molecule has 0 spiro atoms. The Hall–Kier alpha value is -1.13. The van der Waals surface area contributed by atoms with E-state index in [0.29, 0.717) is 10.2 Å². The Morgan fingerprint density at radius 2 is 1.72 bits per heavy atom. The molecule has 0 fully saturated rings. The third kappa shape index (κ3) is 1.80. The predicted octanol–water partition coefficient (Wildman–Crippen LogP) is 3.08. The maximum absolute atomic E-state index is 12.0. The lowest BCUT2D eigenvalue weighted by Crippen LogP contribution is -2.51. The molecule has 1 N–H and O–H groups in total. The lowest BCUT2D eigenvalue weighted by atomic mass is 9.74. The van der Waals surface area contributed by atoms with Crippen LogP contribution in [0.15, 0.2) is 34.8 Å². The maximum Gasteiger partial charge on any atom is 0.320 e. The molecule has 4 heteroatoms. The molecule has 1 aromatic carbocycles. The highest BCUT2D eigenvalue weighted by atomic mass is 79.9. The SMILES string of the molecule is CC1(C)C(=O)OC(c2ccccc2)=C(Br)C1(C)O. The van der Waals surface area contributed by atoms with Crippen molar-refractivity contribution in [1.82, 2.24) is 0 Å². The normalized spacial score (nSPS) is 27.1. The number of esters is 1. The molecule has 0 saturated carbocycles. The number of hydrogen-bond acceptors (Lipinski definition) is 3. The van der Waals surface area contributed by atoms with Crippen LogP contribution in [0, 0.1) is 5.41 Å². The summed E-state index contributed by atoms with van der Waals surface area (Å²) in [7, 11) is 0. The van der Waals surface area contributed by atoms with Gasteiger partial charge in [0.05, 0.1) is 9.90 Å². The van der Waals surface area contributed by atoms with Crippen molar-refractivity contribution in [1.29, 1.82) is 0 Å². The molecule has 3 nitrogen and oxygen atoms in total. The van der Waals surface area contributed by atoms with Gasteiger partial charge < -0.3 is 9.84 Å². The molecular weight excluding hydrogens is 296 g/mol. The average molecular weight is 311 g/mol. The quantitative estimate of drug-likeness (QED) is 0.811. The van der Waals surface area contributed by atoms with Crippen LogP contribution in [0.5, 0.6) is 0 Å². The number of cyclic esters (lactones) is 1. The van der Waals surface area contributed by atoms with E-state index >= 15 is 0 Å². The van der Waals surface area contributed by atoms with Gasteiger partial charge in [0.15, 0.2) is 5.76 Å². The topological polar surface area (TPSA) is 46.5 Å². The van der Waals surface area contributed by atoms with Gasteiger partial charge in [0, 0.05) is 5.56 Å². The average Bonchev–Trinajstić information content (AvgIpc) is 2.34.